The molecule has 1 aromatic carbocycles. The van der Waals surface area contributed by atoms with Crippen LogP contribution in [0.5, 0.6) is 0 Å². The molecular weight excluding hydrogens is 232 g/mol. The van der Waals surface area contributed by atoms with E-state index in [1.165, 1.54) is 19.3 Å². The highest BCUT2D eigenvalue weighted by Gasteiger charge is 2.11. The summed E-state index contributed by atoms with van der Waals surface area (Å²) in [5.74, 6) is 1.13. The lowest BCUT2D eigenvalue weighted by Gasteiger charge is -2.18. The minimum Gasteiger partial charge on any atom is -0.367 e. The molecule has 0 saturated carbocycles. The Kier molecular flexibility index (Phi) is 4.43. The Bertz CT molecular complexity index is 401. The highest BCUT2D eigenvalue weighted by atomic mass is 35.5. The van der Waals surface area contributed by atoms with Crippen molar-refractivity contribution in [1.29, 1.82) is 0 Å². The van der Waals surface area contributed by atoms with Crippen molar-refractivity contribution in [3.8, 4) is 0 Å². The van der Waals surface area contributed by atoms with Gasteiger partial charge in [0.2, 0.25) is 0 Å². The molecule has 0 amide bonds. The Balaban J connectivity index is 2.03. The third-order valence-corrected chi connectivity index (χ3v) is 3.47. The Hall–Kier alpha value is -1.02. The van der Waals surface area contributed by atoms with Crippen LogP contribution < -0.4 is 5.32 Å². The van der Waals surface area contributed by atoms with Gasteiger partial charge in [0.25, 0.3) is 0 Å². The molecule has 1 atom stereocenters. The van der Waals surface area contributed by atoms with Crippen molar-refractivity contribution < 1.29 is 0 Å². The summed E-state index contributed by atoms with van der Waals surface area (Å²) >= 11 is 6.19. The zero-order valence-electron chi connectivity index (χ0n) is 10.2. The summed E-state index contributed by atoms with van der Waals surface area (Å²) in [6.07, 6.45) is 4.80. The molecule has 0 aliphatic carbocycles. The van der Waals surface area contributed by atoms with Crippen LogP contribution in [0.3, 0.4) is 0 Å². The first-order chi connectivity index (χ1) is 8.27. The zero-order valence-corrected chi connectivity index (χ0v) is 11.0. The first-order valence-corrected chi connectivity index (χ1v) is 6.69. The van der Waals surface area contributed by atoms with E-state index < -0.39 is 0 Å². The van der Waals surface area contributed by atoms with E-state index in [1.54, 1.807) is 0 Å². The molecule has 2 rings (SSSR count). The monoisotopic (exact) mass is 250 g/mol. The first-order valence-electron chi connectivity index (χ1n) is 6.31. The highest BCUT2D eigenvalue weighted by Crippen LogP contribution is 2.22. The van der Waals surface area contributed by atoms with Gasteiger partial charge < -0.3 is 5.32 Å². The van der Waals surface area contributed by atoms with Gasteiger partial charge in [-0.15, -0.1) is 0 Å². The highest BCUT2D eigenvalue weighted by molar-refractivity contribution is 6.31. The molecule has 0 aromatic heterocycles. The smallest absolute Gasteiger partial charge is 0.0967 e. The molecule has 1 N–H and O–H groups in total. The molecule has 0 spiro atoms. The fraction of sp³-hybridized carbons (Fsp3) is 0.500. The average Bonchev–Trinajstić information content (AvgIpc) is 2.58. The third kappa shape index (κ3) is 3.47. The van der Waals surface area contributed by atoms with Crippen LogP contribution in [0.25, 0.3) is 0 Å². The van der Waals surface area contributed by atoms with Crippen LogP contribution >= 0.6 is 11.6 Å². The van der Waals surface area contributed by atoms with Gasteiger partial charge in [-0.1, -0.05) is 36.2 Å². The van der Waals surface area contributed by atoms with Gasteiger partial charge in [-0.25, -0.2) is 0 Å². The summed E-state index contributed by atoms with van der Waals surface area (Å²) in [5, 5.41) is 4.30. The van der Waals surface area contributed by atoms with Gasteiger partial charge in [0, 0.05) is 18.0 Å². The molecule has 0 fully saturated rings. The molecule has 1 aliphatic heterocycles. The summed E-state index contributed by atoms with van der Waals surface area (Å²) in [6, 6.07) is 8.21. The van der Waals surface area contributed by atoms with Crippen molar-refractivity contribution in [3.63, 3.8) is 0 Å². The normalized spacial score (nSPS) is 18.1. The maximum atomic E-state index is 6.19. The van der Waals surface area contributed by atoms with E-state index in [9.17, 15) is 0 Å². The van der Waals surface area contributed by atoms with E-state index >= 15 is 0 Å². The number of amidine groups is 1. The van der Waals surface area contributed by atoms with Crippen molar-refractivity contribution in [2.24, 2.45) is 4.99 Å². The Labute approximate surface area is 108 Å². The van der Waals surface area contributed by atoms with E-state index in [1.807, 2.05) is 18.2 Å². The standard InChI is InChI=1S/C14H19ClN2/c1-11(12-7-4-5-8-13(12)15)17-14-9-3-2-6-10-16-14/h4-5,7-8,11H,2-3,6,9-10H2,1H3,(H,16,17)/t11-/m0/s1. The van der Waals surface area contributed by atoms with E-state index in [4.69, 9.17) is 11.6 Å². The second-order valence-corrected chi connectivity index (χ2v) is 4.93. The first kappa shape index (κ1) is 12.4. The molecule has 1 heterocycles. The minimum atomic E-state index is 0.223. The van der Waals surface area contributed by atoms with Crippen molar-refractivity contribution in [1.82, 2.24) is 5.32 Å². The molecule has 0 saturated heterocycles. The molecule has 92 valence electrons. The Morgan fingerprint density at radius 2 is 2.06 bits per heavy atom. The van der Waals surface area contributed by atoms with Gasteiger partial charge in [0.15, 0.2) is 0 Å². The zero-order chi connectivity index (χ0) is 12.1. The van der Waals surface area contributed by atoms with Crippen molar-refractivity contribution in [3.05, 3.63) is 34.9 Å². The number of halogens is 1. The van der Waals surface area contributed by atoms with Gasteiger partial charge >= 0.3 is 0 Å². The van der Waals surface area contributed by atoms with Crippen molar-refractivity contribution >= 4 is 17.4 Å². The van der Waals surface area contributed by atoms with Crippen molar-refractivity contribution in [2.75, 3.05) is 6.54 Å². The number of hydrogen-bond acceptors (Lipinski definition) is 2. The Morgan fingerprint density at radius 1 is 1.24 bits per heavy atom. The maximum absolute atomic E-state index is 6.19. The number of nitrogens with one attached hydrogen (secondary N) is 1. The molecule has 17 heavy (non-hydrogen) atoms. The SMILES string of the molecule is C[C@H](NC1=NCCCCC1)c1ccccc1Cl. The van der Waals surface area contributed by atoms with Crippen LogP contribution in [-0.4, -0.2) is 12.4 Å². The van der Waals surface area contributed by atoms with Gasteiger partial charge in [0.1, 0.15) is 0 Å². The van der Waals surface area contributed by atoms with Crippen LogP contribution in [0, 0.1) is 0 Å². The van der Waals surface area contributed by atoms with Crippen molar-refractivity contribution in [2.45, 2.75) is 38.6 Å². The Morgan fingerprint density at radius 3 is 2.88 bits per heavy atom. The second-order valence-electron chi connectivity index (χ2n) is 4.53. The molecule has 3 heteroatoms. The third-order valence-electron chi connectivity index (χ3n) is 3.13. The minimum absolute atomic E-state index is 0.223. The van der Waals surface area contributed by atoms with E-state index in [-0.39, 0.29) is 6.04 Å². The summed E-state index contributed by atoms with van der Waals surface area (Å²) < 4.78 is 0. The van der Waals surface area contributed by atoms with Crippen LogP contribution in [0.1, 0.15) is 44.2 Å². The maximum Gasteiger partial charge on any atom is 0.0967 e. The molecule has 1 aromatic rings. The largest absolute Gasteiger partial charge is 0.367 e. The van der Waals surface area contributed by atoms with E-state index in [0.717, 1.165) is 29.4 Å². The number of rotatable bonds is 2. The van der Waals surface area contributed by atoms with Gasteiger partial charge in [-0.05, 0) is 31.4 Å². The number of benzene rings is 1. The molecular formula is C14H19ClN2. The van der Waals surface area contributed by atoms with E-state index in [0.29, 0.717) is 0 Å². The molecule has 0 unspecified atom stereocenters. The van der Waals surface area contributed by atoms with Crippen LogP contribution in [0.2, 0.25) is 5.02 Å². The lowest BCUT2D eigenvalue weighted by molar-refractivity contribution is 0.693. The second kappa shape index (κ2) is 6.06. The molecule has 0 radical (unpaired) electrons. The van der Waals surface area contributed by atoms with Crippen LogP contribution in [0.15, 0.2) is 29.3 Å². The summed E-state index contributed by atoms with van der Waals surface area (Å²) in [7, 11) is 0. The van der Waals surface area contributed by atoms with Gasteiger partial charge in [0.05, 0.1) is 11.9 Å². The molecule has 2 nitrogen and oxygen atoms in total. The van der Waals surface area contributed by atoms with Gasteiger partial charge in [-0.3, -0.25) is 4.99 Å². The summed E-state index contributed by atoms with van der Waals surface area (Å²) in [6.45, 7) is 3.09. The predicted molar refractivity (Wildman–Crippen MR) is 73.8 cm³/mol. The lowest BCUT2D eigenvalue weighted by Crippen LogP contribution is -2.26. The average molecular weight is 251 g/mol. The fourth-order valence-corrected chi connectivity index (χ4v) is 2.45. The van der Waals surface area contributed by atoms with Gasteiger partial charge in [-0.2, -0.15) is 0 Å². The quantitative estimate of drug-likeness (QED) is 0.844. The summed E-state index contributed by atoms with van der Waals surface area (Å²) in [5.41, 5.74) is 1.14. The van der Waals surface area contributed by atoms with Crippen LogP contribution in [-0.2, 0) is 0 Å². The lowest BCUT2D eigenvalue weighted by atomic mass is 10.1. The topological polar surface area (TPSA) is 24.4 Å². The number of aliphatic imine (C=N–C) groups is 1. The number of nitrogens with zero attached hydrogens (tertiary/aromatic N) is 1. The molecule has 0 bridgehead atoms. The molecule has 1 aliphatic rings. The van der Waals surface area contributed by atoms with Crippen LogP contribution in [0.4, 0.5) is 0 Å². The van der Waals surface area contributed by atoms with E-state index in [2.05, 4.69) is 23.3 Å². The summed E-state index contributed by atoms with van der Waals surface area (Å²) in [4.78, 5) is 4.58. The predicted octanol–water partition coefficient (Wildman–Crippen LogP) is 3.96. The number of hydrogen-bond donors (Lipinski definition) is 1. The fourth-order valence-electron chi connectivity index (χ4n) is 2.15.